The van der Waals surface area contributed by atoms with Gasteiger partial charge in [-0.3, -0.25) is 10.1 Å². The van der Waals surface area contributed by atoms with Gasteiger partial charge < -0.3 is 23.6 Å². The third kappa shape index (κ3) is 4.63. The first-order valence-electron chi connectivity index (χ1n) is 11.8. The number of carbonyl (C=O) groups excluding carboxylic acids is 1. The highest BCUT2D eigenvalue weighted by Gasteiger charge is 2.27. The number of carbonyl (C=O) groups is 1. The second kappa shape index (κ2) is 9.84. The molecule has 0 saturated carbocycles. The maximum atomic E-state index is 12.7. The Morgan fingerprint density at radius 1 is 1.29 bits per heavy atom. The summed E-state index contributed by atoms with van der Waals surface area (Å²) in [4.78, 5) is 25.5. The van der Waals surface area contributed by atoms with E-state index in [1.165, 1.54) is 5.56 Å². The van der Waals surface area contributed by atoms with Crippen LogP contribution in [0, 0.1) is 0 Å². The predicted octanol–water partition coefficient (Wildman–Crippen LogP) is 2.18. The molecule has 4 heterocycles. The molecule has 1 amide bonds. The molecule has 1 fully saturated rings. The molecule has 1 saturated heterocycles. The molecular weight excluding hydrogens is 434 g/mol. The Hall–Kier alpha value is -3.40. The molecule has 2 aromatic heterocycles. The number of aryl methyl sites for hydroxylation is 1. The number of anilines is 1. The van der Waals surface area contributed by atoms with Crippen LogP contribution in [0.4, 0.5) is 5.95 Å². The van der Waals surface area contributed by atoms with Gasteiger partial charge in [0.15, 0.2) is 0 Å². The van der Waals surface area contributed by atoms with Gasteiger partial charge in [0.05, 0.1) is 20.2 Å². The smallest absolute Gasteiger partial charge is 0.266 e. The third-order valence-electron chi connectivity index (χ3n) is 6.89. The van der Waals surface area contributed by atoms with Crippen molar-refractivity contribution in [3.63, 3.8) is 0 Å². The average molecular weight is 466 g/mol. The van der Waals surface area contributed by atoms with E-state index in [0.29, 0.717) is 43.7 Å². The van der Waals surface area contributed by atoms with Gasteiger partial charge in [0, 0.05) is 45.4 Å². The lowest BCUT2D eigenvalue weighted by Crippen LogP contribution is -2.51. The number of nitrogens with one attached hydrogen (secondary N) is 1. The summed E-state index contributed by atoms with van der Waals surface area (Å²) in [5.41, 5.74) is 1.26. The predicted molar refractivity (Wildman–Crippen MR) is 125 cm³/mol. The Labute approximate surface area is 198 Å². The van der Waals surface area contributed by atoms with Gasteiger partial charge in [0.25, 0.3) is 5.95 Å². The van der Waals surface area contributed by atoms with Crippen molar-refractivity contribution >= 4 is 11.9 Å². The first-order valence-corrected chi connectivity index (χ1v) is 11.8. The monoisotopic (exact) mass is 465 g/mol. The molecule has 0 aliphatic carbocycles. The standard InChI is InChI=1S/C24H31N7O3/c1-29(21-16-31-14-11-25-20(31)15-26-21)23(32)8-7-22-27-24(28-34-22)30-12-9-17(10-13-30)18-5-3-4-6-19(18)33-2/h3-6,11,14,17,21,26H,7-10,12-13,15-16H2,1-2H3. The number of imidazole rings is 1. The van der Waals surface area contributed by atoms with Gasteiger partial charge in [0.1, 0.15) is 17.7 Å². The van der Waals surface area contributed by atoms with Gasteiger partial charge >= 0.3 is 0 Å². The zero-order chi connectivity index (χ0) is 23.5. The van der Waals surface area contributed by atoms with E-state index in [1.54, 1.807) is 18.2 Å². The molecule has 10 heteroatoms. The van der Waals surface area contributed by atoms with Crippen LogP contribution in [0.1, 0.15) is 42.5 Å². The zero-order valence-corrected chi connectivity index (χ0v) is 19.7. The molecular formula is C24H31N7O3. The van der Waals surface area contributed by atoms with E-state index in [0.717, 1.165) is 37.5 Å². The Morgan fingerprint density at radius 3 is 2.94 bits per heavy atom. The van der Waals surface area contributed by atoms with Crippen molar-refractivity contribution < 1.29 is 14.1 Å². The topological polar surface area (TPSA) is 102 Å². The number of rotatable bonds is 7. The molecule has 2 aliphatic heterocycles. The summed E-state index contributed by atoms with van der Waals surface area (Å²) in [7, 11) is 3.55. The molecule has 0 spiro atoms. The molecule has 1 atom stereocenters. The van der Waals surface area contributed by atoms with E-state index >= 15 is 0 Å². The second-order valence-corrected chi connectivity index (χ2v) is 8.89. The highest BCUT2D eigenvalue weighted by atomic mass is 16.5. The Kier molecular flexibility index (Phi) is 6.48. The van der Waals surface area contributed by atoms with Crippen molar-refractivity contribution in [3.8, 4) is 5.75 Å². The van der Waals surface area contributed by atoms with E-state index in [-0.39, 0.29) is 12.1 Å². The fraction of sp³-hybridized carbons (Fsp3) is 0.500. The van der Waals surface area contributed by atoms with Gasteiger partial charge in [-0.05, 0) is 35.5 Å². The minimum absolute atomic E-state index is 0.0402. The van der Waals surface area contributed by atoms with Crippen LogP contribution in [0.3, 0.4) is 0 Å². The minimum Gasteiger partial charge on any atom is -0.496 e. The quantitative estimate of drug-likeness (QED) is 0.567. The van der Waals surface area contributed by atoms with Gasteiger partial charge in [-0.15, -0.1) is 0 Å². The molecule has 2 aliphatic rings. The summed E-state index contributed by atoms with van der Waals surface area (Å²) >= 11 is 0. The number of amides is 1. The van der Waals surface area contributed by atoms with Crippen LogP contribution in [-0.2, 0) is 24.3 Å². The van der Waals surface area contributed by atoms with Crippen LogP contribution < -0.4 is 15.0 Å². The number of methoxy groups -OCH3 is 1. The first-order chi connectivity index (χ1) is 16.6. The second-order valence-electron chi connectivity index (χ2n) is 8.89. The molecule has 10 nitrogen and oxygen atoms in total. The molecule has 1 aromatic carbocycles. The van der Waals surface area contributed by atoms with Crippen LogP contribution in [0.15, 0.2) is 41.2 Å². The maximum Gasteiger partial charge on any atom is 0.266 e. The molecule has 1 N–H and O–H groups in total. The maximum absolute atomic E-state index is 12.7. The van der Waals surface area contributed by atoms with Gasteiger partial charge in [-0.1, -0.05) is 18.2 Å². The Balaban J connectivity index is 1.11. The Morgan fingerprint density at radius 2 is 2.12 bits per heavy atom. The fourth-order valence-corrected chi connectivity index (χ4v) is 4.83. The number of benzene rings is 1. The zero-order valence-electron chi connectivity index (χ0n) is 19.7. The van der Waals surface area contributed by atoms with Crippen LogP contribution >= 0.6 is 0 Å². The van der Waals surface area contributed by atoms with Gasteiger partial charge in [0.2, 0.25) is 11.8 Å². The molecule has 34 heavy (non-hydrogen) atoms. The van der Waals surface area contributed by atoms with Crippen molar-refractivity contribution in [2.75, 3.05) is 32.1 Å². The molecule has 5 rings (SSSR count). The average Bonchev–Trinajstić information content (AvgIpc) is 3.56. The van der Waals surface area contributed by atoms with Crippen molar-refractivity contribution in [2.45, 2.75) is 50.9 Å². The lowest BCUT2D eigenvalue weighted by Gasteiger charge is -2.33. The van der Waals surface area contributed by atoms with E-state index in [1.807, 2.05) is 25.4 Å². The third-order valence-corrected chi connectivity index (χ3v) is 6.89. The highest BCUT2D eigenvalue weighted by Crippen LogP contribution is 2.34. The summed E-state index contributed by atoms with van der Waals surface area (Å²) in [5.74, 6) is 3.54. The van der Waals surface area contributed by atoms with Crippen LogP contribution in [0.25, 0.3) is 0 Å². The molecule has 0 radical (unpaired) electrons. The van der Waals surface area contributed by atoms with Gasteiger partial charge in [-0.25, -0.2) is 4.98 Å². The number of ether oxygens (including phenoxy) is 1. The molecule has 3 aromatic rings. The number of hydrogen-bond donors (Lipinski definition) is 1. The summed E-state index contributed by atoms with van der Waals surface area (Å²) in [6.07, 6.45) is 6.42. The van der Waals surface area contributed by atoms with Crippen LogP contribution in [0.5, 0.6) is 5.75 Å². The number of hydrogen-bond acceptors (Lipinski definition) is 8. The largest absolute Gasteiger partial charge is 0.496 e. The normalized spacial score (nSPS) is 18.5. The number of aromatic nitrogens is 4. The van der Waals surface area contributed by atoms with Crippen molar-refractivity contribution in [2.24, 2.45) is 0 Å². The number of para-hydroxylation sites is 1. The van der Waals surface area contributed by atoms with Crippen molar-refractivity contribution in [1.29, 1.82) is 0 Å². The molecule has 180 valence electrons. The first kappa shape index (κ1) is 22.4. The van der Waals surface area contributed by atoms with Gasteiger partial charge in [-0.2, -0.15) is 4.98 Å². The van der Waals surface area contributed by atoms with E-state index in [9.17, 15) is 4.79 Å². The number of nitrogens with zero attached hydrogens (tertiary/aromatic N) is 6. The fourth-order valence-electron chi connectivity index (χ4n) is 4.83. The van der Waals surface area contributed by atoms with Crippen molar-refractivity contribution in [1.82, 2.24) is 29.9 Å². The van der Waals surface area contributed by atoms with Crippen LogP contribution in [-0.4, -0.2) is 63.9 Å². The summed E-state index contributed by atoms with van der Waals surface area (Å²) in [5, 5.41) is 7.54. The highest BCUT2D eigenvalue weighted by molar-refractivity contribution is 5.76. The minimum atomic E-state index is -0.0584. The Bertz CT molecular complexity index is 1120. The van der Waals surface area contributed by atoms with E-state index in [4.69, 9.17) is 9.26 Å². The number of fused-ring (bicyclic) bond motifs is 1. The van der Waals surface area contributed by atoms with E-state index in [2.05, 4.69) is 42.0 Å². The summed E-state index contributed by atoms with van der Waals surface area (Å²) in [6, 6.07) is 8.23. The number of piperidine rings is 1. The summed E-state index contributed by atoms with van der Waals surface area (Å²) < 4.78 is 13.1. The molecule has 1 unspecified atom stereocenters. The molecule has 0 bridgehead atoms. The van der Waals surface area contributed by atoms with Crippen LogP contribution in [0.2, 0.25) is 0 Å². The summed E-state index contributed by atoms with van der Waals surface area (Å²) in [6.45, 7) is 3.04. The lowest BCUT2D eigenvalue weighted by atomic mass is 9.89. The lowest BCUT2D eigenvalue weighted by molar-refractivity contribution is -0.133. The van der Waals surface area contributed by atoms with E-state index < -0.39 is 0 Å². The van der Waals surface area contributed by atoms with Crippen molar-refractivity contribution in [3.05, 3.63) is 53.9 Å². The SMILES string of the molecule is COc1ccccc1C1CCN(c2noc(CCC(=O)N(C)C3Cn4ccnc4CN3)n2)CC1. The number of likely N-dealkylation sites (N-methyl/N-ethyl adjacent to an activating group) is 1.